The molecule has 2 unspecified atom stereocenters. The Labute approximate surface area is 197 Å². The fourth-order valence-electron chi connectivity index (χ4n) is 4.64. The van der Waals surface area contributed by atoms with Gasteiger partial charge in [0.15, 0.2) is 17.5 Å². The molecule has 9 nitrogen and oxygen atoms in total. The standard InChI is InChI=1S/C24H31FN8O/c1-12(18-11-28-18)20(13-5-6-13)30-23-17(25)10-16(24(34)27-3)22(31-23)29-14-7-8-19-15(9-14)21(26-2)32-33(19)4/h7-10,12-13,18,20,28H,5-6,11H2,1-4H3,(H,26,32)(H,27,34)(H2,29,30,31)/t12?,18-,20?/m1/s1. The number of aryl methyl sites for hydroxylation is 1. The van der Waals surface area contributed by atoms with E-state index >= 15 is 4.39 Å². The quantitative estimate of drug-likeness (QED) is 0.308. The molecule has 10 heteroatoms. The Hall–Kier alpha value is -3.40. The molecule has 3 heterocycles. The summed E-state index contributed by atoms with van der Waals surface area (Å²) in [7, 11) is 5.22. The van der Waals surface area contributed by atoms with Gasteiger partial charge in [0.1, 0.15) is 5.82 Å². The lowest BCUT2D eigenvalue weighted by molar-refractivity contribution is 0.0963. The van der Waals surface area contributed by atoms with Crippen molar-refractivity contribution < 1.29 is 9.18 Å². The predicted octanol–water partition coefficient (Wildman–Crippen LogP) is 3.05. The summed E-state index contributed by atoms with van der Waals surface area (Å²) in [6.45, 7) is 3.19. The van der Waals surface area contributed by atoms with Gasteiger partial charge < -0.3 is 26.6 Å². The number of anilines is 4. The van der Waals surface area contributed by atoms with Gasteiger partial charge in [-0.25, -0.2) is 9.37 Å². The van der Waals surface area contributed by atoms with E-state index in [4.69, 9.17) is 0 Å². The predicted molar refractivity (Wildman–Crippen MR) is 132 cm³/mol. The number of nitrogens with zero attached hydrogens (tertiary/aromatic N) is 3. The SMILES string of the molecule is CNC(=O)c1cc(F)c(NC(C2CC2)C(C)[C@H]2CN2)nc1Nc1ccc2c(c1)c(NC)nn2C. The Kier molecular flexibility index (Phi) is 5.76. The van der Waals surface area contributed by atoms with E-state index in [-0.39, 0.29) is 17.4 Å². The topological polar surface area (TPSA) is 118 Å². The van der Waals surface area contributed by atoms with E-state index in [1.165, 1.54) is 13.1 Å². The van der Waals surface area contributed by atoms with E-state index < -0.39 is 11.7 Å². The molecule has 180 valence electrons. The van der Waals surface area contributed by atoms with Crippen LogP contribution in [0.2, 0.25) is 0 Å². The molecule has 3 atom stereocenters. The lowest BCUT2D eigenvalue weighted by Crippen LogP contribution is -2.34. The normalized spacial score (nSPS) is 18.9. The highest BCUT2D eigenvalue weighted by Gasteiger charge is 2.41. The Balaban J connectivity index is 1.50. The molecule has 1 saturated carbocycles. The first-order valence-corrected chi connectivity index (χ1v) is 11.7. The van der Waals surface area contributed by atoms with Gasteiger partial charge in [-0.15, -0.1) is 0 Å². The van der Waals surface area contributed by atoms with Crippen LogP contribution in [0.25, 0.3) is 10.9 Å². The highest BCUT2D eigenvalue weighted by Crippen LogP contribution is 2.40. The maximum Gasteiger partial charge on any atom is 0.254 e. The summed E-state index contributed by atoms with van der Waals surface area (Å²) in [6.07, 6.45) is 2.27. The Bertz CT molecular complexity index is 1230. The molecule has 1 aliphatic heterocycles. The molecule has 0 bridgehead atoms. The number of fused-ring (bicyclic) bond motifs is 1. The van der Waals surface area contributed by atoms with Crippen LogP contribution in [0.3, 0.4) is 0 Å². The number of hydrogen-bond acceptors (Lipinski definition) is 7. The van der Waals surface area contributed by atoms with Crippen LogP contribution >= 0.6 is 0 Å². The van der Waals surface area contributed by atoms with Crippen molar-refractivity contribution in [3.63, 3.8) is 0 Å². The minimum absolute atomic E-state index is 0.130. The zero-order chi connectivity index (χ0) is 24.0. The third-order valence-electron chi connectivity index (χ3n) is 6.87. The van der Waals surface area contributed by atoms with Crippen LogP contribution < -0.4 is 26.6 Å². The van der Waals surface area contributed by atoms with E-state index in [0.717, 1.165) is 41.8 Å². The minimum Gasteiger partial charge on any atom is -0.371 e. The number of amides is 1. The lowest BCUT2D eigenvalue weighted by atomic mass is 9.94. The average molecular weight is 467 g/mol. The molecule has 2 aromatic heterocycles. The first-order valence-electron chi connectivity index (χ1n) is 11.7. The number of carbonyl (C=O) groups is 1. The minimum atomic E-state index is -0.536. The molecule has 2 fully saturated rings. The fraction of sp³-hybridized carbons (Fsp3) is 0.458. The second-order valence-electron chi connectivity index (χ2n) is 9.25. The summed E-state index contributed by atoms with van der Waals surface area (Å²) in [5, 5.41) is 21.0. The van der Waals surface area contributed by atoms with E-state index in [1.807, 2.05) is 32.3 Å². The smallest absolute Gasteiger partial charge is 0.254 e. The molecular formula is C24H31FN8O. The van der Waals surface area contributed by atoms with Gasteiger partial charge >= 0.3 is 0 Å². The number of pyridine rings is 1. The van der Waals surface area contributed by atoms with Crippen LogP contribution in [0.1, 0.15) is 30.1 Å². The van der Waals surface area contributed by atoms with Crippen molar-refractivity contribution in [2.45, 2.75) is 31.8 Å². The molecule has 1 saturated heterocycles. The van der Waals surface area contributed by atoms with Gasteiger partial charge in [0.2, 0.25) is 0 Å². The summed E-state index contributed by atoms with van der Waals surface area (Å²) in [6, 6.07) is 7.61. The molecular weight excluding hydrogens is 435 g/mol. The van der Waals surface area contributed by atoms with Crippen molar-refractivity contribution in [1.29, 1.82) is 0 Å². The van der Waals surface area contributed by atoms with Crippen molar-refractivity contribution in [2.24, 2.45) is 18.9 Å². The van der Waals surface area contributed by atoms with Crippen LogP contribution in [-0.4, -0.2) is 53.4 Å². The van der Waals surface area contributed by atoms with Gasteiger partial charge in [-0.1, -0.05) is 6.92 Å². The number of nitrogens with one attached hydrogen (secondary N) is 5. The maximum atomic E-state index is 15.1. The Morgan fingerprint density at radius 1 is 1.21 bits per heavy atom. The van der Waals surface area contributed by atoms with E-state index in [2.05, 4.69) is 43.6 Å². The van der Waals surface area contributed by atoms with Gasteiger partial charge in [-0.2, -0.15) is 5.10 Å². The molecule has 1 amide bonds. The molecule has 2 aliphatic rings. The van der Waals surface area contributed by atoms with Crippen LogP contribution in [0.5, 0.6) is 0 Å². The molecule has 5 rings (SSSR count). The zero-order valence-corrected chi connectivity index (χ0v) is 19.9. The average Bonchev–Trinajstić information content (AvgIpc) is 3.75. The van der Waals surface area contributed by atoms with E-state index in [1.54, 1.807) is 4.68 Å². The number of benzene rings is 1. The molecule has 5 N–H and O–H groups in total. The molecule has 1 aliphatic carbocycles. The van der Waals surface area contributed by atoms with Crippen LogP contribution in [-0.2, 0) is 7.05 Å². The number of halogens is 1. The van der Waals surface area contributed by atoms with Crippen molar-refractivity contribution in [2.75, 3.05) is 36.6 Å². The highest BCUT2D eigenvalue weighted by molar-refractivity contribution is 6.00. The van der Waals surface area contributed by atoms with Gasteiger partial charge in [0.25, 0.3) is 5.91 Å². The summed E-state index contributed by atoms with van der Waals surface area (Å²) < 4.78 is 16.9. The number of carbonyl (C=O) groups excluding carboxylic acids is 1. The maximum absolute atomic E-state index is 15.1. The van der Waals surface area contributed by atoms with E-state index in [9.17, 15) is 4.79 Å². The van der Waals surface area contributed by atoms with Gasteiger partial charge in [0.05, 0.1) is 11.1 Å². The highest BCUT2D eigenvalue weighted by atomic mass is 19.1. The Morgan fingerprint density at radius 3 is 2.62 bits per heavy atom. The van der Waals surface area contributed by atoms with Crippen LogP contribution in [0.4, 0.5) is 27.5 Å². The molecule has 3 aromatic rings. The second kappa shape index (κ2) is 8.75. The summed E-state index contributed by atoms with van der Waals surface area (Å²) in [5.41, 5.74) is 1.83. The Morgan fingerprint density at radius 2 is 1.97 bits per heavy atom. The summed E-state index contributed by atoms with van der Waals surface area (Å²) in [5.74, 6) is 1.14. The van der Waals surface area contributed by atoms with Gasteiger partial charge in [-0.05, 0) is 48.9 Å². The van der Waals surface area contributed by atoms with Gasteiger partial charge in [0, 0.05) is 50.8 Å². The molecule has 0 spiro atoms. The second-order valence-corrected chi connectivity index (χ2v) is 9.25. The van der Waals surface area contributed by atoms with Gasteiger partial charge in [-0.3, -0.25) is 9.48 Å². The largest absolute Gasteiger partial charge is 0.371 e. The fourth-order valence-corrected chi connectivity index (χ4v) is 4.64. The first kappa shape index (κ1) is 22.4. The van der Waals surface area contributed by atoms with Crippen LogP contribution in [0.15, 0.2) is 24.3 Å². The third kappa shape index (κ3) is 4.25. The van der Waals surface area contributed by atoms with Crippen molar-refractivity contribution in [3.8, 4) is 0 Å². The van der Waals surface area contributed by atoms with Crippen molar-refractivity contribution in [3.05, 3.63) is 35.6 Å². The van der Waals surface area contributed by atoms with Crippen molar-refractivity contribution >= 4 is 40.0 Å². The summed E-state index contributed by atoms with van der Waals surface area (Å²) in [4.78, 5) is 17.1. The van der Waals surface area contributed by atoms with Crippen LogP contribution in [0, 0.1) is 17.7 Å². The molecule has 1 aromatic carbocycles. The number of hydrogen-bond donors (Lipinski definition) is 5. The lowest BCUT2D eigenvalue weighted by Gasteiger charge is -2.26. The first-order chi connectivity index (χ1) is 16.4. The number of rotatable bonds is 9. The van der Waals surface area contributed by atoms with E-state index in [0.29, 0.717) is 23.7 Å². The third-order valence-corrected chi connectivity index (χ3v) is 6.87. The number of aromatic nitrogens is 3. The molecule has 34 heavy (non-hydrogen) atoms. The molecule has 0 radical (unpaired) electrons. The summed E-state index contributed by atoms with van der Waals surface area (Å²) >= 11 is 0. The zero-order valence-electron chi connectivity index (χ0n) is 19.9. The van der Waals surface area contributed by atoms with Crippen molar-refractivity contribution in [1.82, 2.24) is 25.4 Å². The monoisotopic (exact) mass is 466 g/mol.